The van der Waals surface area contributed by atoms with Crippen molar-refractivity contribution in [3.63, 3.8) is 0 Å². The van der Waals surface area contributed by atoms with E-state index in [0.29, 0.717) is 5.92 Å². The molecule has 1 unspecified atom stereocenters. The van der Waals surface area contributed by atoms with Crippen molar-refractivity contribution in [3.05, 3.63) is 41.4 Å². The number of hydrogen-bond acceptors (Lipinski definition) is 1. The second-order valence-corrected chi connectivity index (χ2v) is 5.65. The summed E-state index contributed by atoms with van der Waals surface area (Å²) in [6, 6.07) is 7.93. The van der Waals surface area contributed by atoms with Crippen molar-refractivity contribution in [3.8, 4) is 5.75 Å². The molecule has 0 N–H and O–H groups in total. The molecular weight excluding hydrogens is 264 g/mol. The Balaban J connectivity index is 2.64. The second kappa shape index (κ2) is 5.53. The van der Waals surface area contributed by atoms with Crippen LogP contribution in [0.5, 0.6) is 5.75 Å². The van der Waals surface area contributed by atoms with Gasteiger partial charge in [0.05, 0.1) is 0 Å². The molecule has 88 valence electrons. The zero-order chi connectivity index (χ0) is 12.2. The number of ether oxygens (including phenoxy) is 1. The van der Waals surface area contributed by atoms with Crippen LogP contribution in [0, 0.1) is 5.92 Å². The highest BCUT2D eigenvalue weighted by Crippen LogP contribution is 2.25. The Bertz CT molecular complexity index is 340. The molecule has 0 amide bonds. The lowest BCUT2D eigenvalue weighted by Crippen LogP contribution is -2.30. The van der Waals surface area contributed by atoms with E-state index < -0.39 is 0 Å². The second-order valence-electron chi connectivity index (χ2n) is 4.73. The SMILES string of the molecule is C=CC(C)CC(C)(C)Oc1ccc(Br)cc1. The van der Waals surface area contributed by atoms with Gasteiger partial charge in [0.1, 0.15) is 11.4 Å². The van der Waals surface area contributed by atoms with Crippen molar-refractivity contribution in [2.45, 2.75) is 32.8 Å². The third-order valence-electron chi connectivity index (χ3n) is 2.42. The molecule has 0 aromatic heterocycles. The van der Waals surface area contributed by atoms with Crippen LogP contribution in [0.1, 0.15) is 27.2 Å². The third-order valence-corrected chi connectivity index (χ3v) is 2.95. The minimum Gasteiger partial charge on any atom is -0.488 e. The number of benzene rings is 1. The van der Waals surface area contributed by atoms with Crippen LogP contribution in [-0.4, -0.2) is 5.60 Å². The molecular formula is C14H19BrO. The summed E-state index contributed by atoms with van der Waals surface area (Å²) in [5.41, 5.74) is -0.165. The van der Waals surface area contributed by atoms with Gasteiger partial charge in [-0.2, -0.15) is 0 Å². The number of halogens is 1. The van der Waals surface area contributed by atoms with Crippen LogP contribution in [0.4, 0.5) is 0 Å². The Labute approximate surface area is 107 Å². The molecule has 0 fully saturated rings. The largest absolute Gasteiger partial charge is 0.488 e. The van der Waals surface area contributed by atoms with Gasteiger partial charge in [0.25, 0.3) is 0 Å². The minimum atomic E-state index is -0.165. The molecule has 0 aliphatic carbocycles. The summed E-state index contributed by atoms with van der Waals surface area (Å²) >= 11 is 3.41. The van der Waals surface area contributed by atoms with E-state index in [1.54, 1.807) is 0 Å². The van der Waals surface area contributed by atoms with Crippen LogP contribution >= 0.6 is 15.9 Å². The van der Waals surface area contributed by atoms with E-state index in [2.05, 4.69) is 43.3 Å². The van der Waals surface area contributed by atoms with E-state index >= 15 is 0 Å². The number of rotatable bonds is 5. The Morgan fingerprint density at radius 3 is 2.44 bits per heavy atom. The van der Waals surface area contributed by atoms with Gasteiger partial charge in [0.2, 0.25) is 0 Å². The predicted octanol–water partition coefficient (Wildman–Crippen LogP) is 4.82. The summed E-state index contributed by atoms with van der Waals surface area (Å²) in [5.74, 6) is 1.37. The van der Waals surface area contributed by atoms with Gasteiger partial charge in [-0.25, -0.2) is 0 Å². The molecule has 0 aliphatic heterocycles. The molecule has 1 rings (SSSR count). The van der Waals surface area contributed by atoms with Gasteiger partial charge in [-0.15, -0.1) is 6.58 Å². The average molecular weight is 283 g/mol. The van der Waals surface area contributed by atoms with E-state index in [1.165, 1.54) is 0 Å². The fraction of sp³-hybridized carbons (Fsp3) is 0.429. The van der Waals surface area contributed by atoms with Crippen LogP contribution in [0.25, 0.3) is 0 Å². The maximum atomic E-state index is 5.96. The number of allylic oxidation sites excluding steroid dienone is 1. The molecule has 0 bridgehead atoms. The molecule has 0 saturated heterocycles. The first-order chi connectivity index (χ1) is 7.43. The Kier molecular flexibility index (Phi) is 4.60. The van der Waals surface area contributed by atoms with E-state index in [1.807, 2.05) is 30.3 Å². The first-order valence-corrected chi connectivity index (χ1v) is 6.29. The Morgan fingerprint density at radius 2 is 1.94 bits per heavy atom. The van der Waals surface area contributed by atoms with Crippen LogP contribution in [0.15, 0.2) is 41.4 Å². The van der Waals surface area contributed by atoms with Gasteiger partial charge >= 0.3 is 0 Å². The van der Waals surface area contributed by atoms with Gasteiger partial charge < -0.3 is 4.74 Å². The molecule has 1 atom stereocenters. The van der Waals surface area contributed by atoms with Crippen molar-refractivity contribution in [2.24, 2.45) is 5.92 Å². The summed E-state index contributed by atoms with van der Waals surface area (Å²) in [6.45, 7) is 10.2. The first kappa shape index (κ1) is 13.3. The highest BCUT2D eigenvalue weighted by atomic mass is 79.9. The van der Waals surface area contributed by atoms with E-state index in [4.69, 9.17) is 4.74 Å². The van der Waals surface area contributed by atoms with Crippen LogP contribution < -0.4 is 4.74 Å². The van der Waals surface area contributed by atoms with Crippen LogP contribution in [-0.2, 0) is 0 Å². The molecule has 2 heteroatoms. The Morgan fingerprint density at radius 1 is 1.38 bits per heavy atom. The predicted molar refractivity (Wildman–Crippen MR) is 72.8 cm³/mol. The van der Waals surface area contributed by atoms with E-state index in [9.17, 15) is 0 Å². The fourth-order valence-corrected chi connectivity index (χ4v) is 1.99. The minimum absolute atomic E-state index is 0.165. The maximum absolute atomic E-state index is 5.96. The maximum Gasteiger partial charge on any atom is 0.120 e. The summed E-state index contributed by atoms with van der Waals surface area (Å²) < 4.78 is 7.03. The molecule has 0 saturated carbocycles. The highest BCUT2D eigenvalue weighted by molar-refractivity contribution is 9.10. The van der Waals surface area contributed by atoms with Crippen molar-refractivity contribution >= 4 is 15.9 Å². The van der Waals surface area contributed by atoms with Gasteiger partial charge in [0.15, 0.2) is 0 Å². The Hall–Kier alpha value is -0.760. The molecule has 16 heavy (non-hydrogen) atoms. The van der Waals surface area contributed by atoms with Crippen LogP contribution in [0.3, 0.4) is 0 Å². The van der Waals surface area contributed by atoms with Crippen molar-refractivity contribution in [1.29, 1.82) is 0 Å². The standard InChI is InChI=1S/C14H19BrO/c1-5-11(2)10-14(3,4)16-13-8-6-12(15)7-9-13/h5-9,11H,1,10H2,2-4H3. The lowest BCUT2D eigenvalue weighted by molar-refractivity contribution is 0.0890. The normalized spacial score (nSPS) is 13.2. The zero-order valence-corrected chi connectivity index (χ0v) is 11.8. The van der Waals surface area contributed by atoms with Gasteiger partial charge in [-0.1, -0.05) is 28.9 Å². The topological polar surface area (TPSA) is 9.23 Å². The third kappa shape index (κ3) is 4.40. The van der Waals surface area contributed by atoms with E-state index in [-0.39, 0.29) is 5.60 Å². The summed E-state index contributed by atoms with van der Waals surface area (Å²) in [4.78, 5) is 0. The molecule has 0 spiro atoms. The molecule has 0 heterocycles. The quantitative estimate of drug-likeness (QED) is 0.704. The van der Waals surface area contributed by atoms with Crippen LogP contribution in [0.2, 0.25) is 0 Å². The van der Waals surface area contributed by atoms with Crippen molar-refractivity contribution in [1.82, 2.24) is 0 Å². The summed E-state index contributed by atoms with van der Waals surface area (Å²) in [5, 5.41) is 0. The molecule has 1 aromatic carbocycles. The average Bonchev–Trinajstić information content (AvgIpc) is 2.20. The first-order valence-electron chi connectivity index (χ1n) is 5.50. The van der Waals surface area contributed by atoms with Crippen molar-refractivity contribution in [2.75, 3.05) is 0 Å². The summed E-state index contributed by atoms with van der Waals surface area (Å²) in [6.07, 6.45) is 2.93. The van der Waals surface area contributed by atoms with Gasteiger partial charge in [-0.3, -0.25) is 0 Å². The van der Waals surface area contributed by atoms with Gasteiger partial charge in [-0.05, 0) is 50.5 Å². The smallest absolute Gasteiger partial charge is 0.120 e. The molecule has 0 aliphatic rings. The van der Waals surface area contributed by atoms with Gasteiger partial charge in [0, 0.05) is 4.47 Å². The zero-order valence-electron chi connectivity index (χ0n) is 10.2. The molecule has 1 nitrogen and oxygen atoms in total. The van der Waals surface area contributed by atoms with Crippen molar-refractivity contribution < 1.29 is 4.74 Å². The highest BCUT2D eigenvalue weighted by Gasteiger charge is 2.21. The summed E-state index contributed by atoms with van der Waals surface area (Å²) in [7, 11) is 0. The lowest BCUT2D eigenvalue weighted by Gasteiger charge is -2.28. The number of hydrogen-bond donors (Lipinski definition) is 0. The lowest BCUT2D eigenvalue weighted by atomic mass is 9.95. The molecule has 1 aromatic rings. The molecule has 0 radical (unpaired) electrons. The fourth-order valence-electron chi connectivity index (χ4n) is 1.72. The van der Waals surface area contributed by atoms with E-state index in [0.717, 1.165) is 16.6 Å². The monoisotopic (exact) mass is 282 g/mol.